The number of fused-ring (bicyclic) bond motifs is 1. The van der Waals surface area contributed by atoms with Crippen molar-refractivity contribution >= 4 is 5.65 Å². The van der Waals surface area contributed by atoms with Gasteiger partial charge in [0.2, 0.25) is 0 Å². The van der Waals surface area contributed by atoms with Crippen molar-refractivity contribution in [2.45, 2.75) is 13.3 Å². The number of aromatic amines is 1. The molecule has 1 N–H and O–H groups in total. The normalized spacial score (nSPS) is 11.0. The maximum Gasteiger partial charge on any atom is 0.273 e. The molecule has 118 valence electrons. The molecule has 3 heterocycles. The van der Waals surface area contributed by atoms with Crippen LogP contribution in [-0.2, 0) is 6.42 Å². The second-order valence-corrected chi connectivity index (χ2v) is 5.57. The average molecular weight is 316 g/mol. The molecule has 0 amide bonds. The van der Waals surface area contributed by atoms with Crippen LogP contribution >= 0.6 is 0 Å². The summed E-state index contributed by atoms with van der Waals surface area (Å²) in [5.74, 6) is 0. The van der Waals surface area contributed by atoms with Crippen molar-refractivity contribution in [2.75, 3.05) is 0 Å². The fourth-order valence-corrected chi connectivity index (χ4v) is 2.91. The van der Waals surface area contributed by atoms with Crippen molar-refractivity contribution in [3.8, 4) is 22.4 Å². The van der Waals surface area contributed by atoms with Crippen LogP contribution in [0.2, 0.25) is 0 Å². The summed E-state index contributed by atoms with van der Waals surface area (Å²) in [6, 6.07) is 15.3. The van der Waals surface area contributed by atoms with Gasteiger partial charge in [-0.05, 0) is 24.1 Å². The van der Waals surface area contributed by atoms with Crippen molar-refractivity contribution in [3.05, 3.63) is 77.0 Å². The Bertz CT molecular complexity index is 1050. The van der Waals surface area contributed by atoms with E-state index >= 15 is 0 Å². The molecule has 0 aliphatic carbocycles. The van der Waals surface area contributed by atoms with Gasteiger partial charge in [-0.15, -0.1) is 0 Å². The van der Waals surface area contributed by atoms with E-state index in [1.165, 1.54) is 10.6 Å². The number of rotatable bonds is 3. The fraction of sp³-hybridized carbons (Fsp3) is 0.105. The van der Waals surface area contributed by atoms with Crippen LogP contribution in [-0.4, -0.2) is 19.6 Å². The lowest BCUT2D eigenvalue weighted by Crippen LogP contribution is -2.14. The third-order valence-electron chi connectivity index (χ3n) is 4.06. The van der Waals surface area contributed by atoms with Crippen LogP contribution in [0.5, 0.6) is 0 Å². The van der Waals surface area contributed by atoms with Crippen molar-refractivity contribution in [1.82, 2.24) is 19.6 Å². The molecule has 0 atom stereocenters. The van der Waals surface area contributed by atoms with Gasteiger partial charge in [-0.25, -0.2) is 9.50 Å². The highest BCUT2D eigenvalue weighted by atomic mass is 16.1. The van der Waals surface area contributed by atoms with E-state index in [4.69, 9.17) is 4.98 Å². The molecule has 4 aromatic rings. The number of benzene rings is 1. The third kappa shape index (κ3) is 2.31. The lowest BCUT2D eigenvalue weighted by Gasteiger charge is -2.03. The molecule has 0 fully saturated rings. The maximum absolute atomic E-state index is 12.6. The Morgan fingerprint density at radius 3 is 2.58 bits per heavy atom. The first-order valence-electron chi connectivity index (χ1n) is 7.88. The second-order valence-electron chi connectivity index (χ2n) is 5.57. The highest BCUT2D eigenvalue weighted by Gasteiger charge is 2.16. The Labute approximate surface area is 138 Å². The predicted molar refractivity (Wildman–Crippen MR) is 93.9 cm³/mol. The van der Waals surface area contributed by atoms with Gasteiger partial charge in [0.15, 0.2) is 5.65 Å². The molecule has 0 saturated carbocycles. The van der Waals surface area contributed by atoms with Gasteiger partial charge < -0.3 is 0 Å². The van der Waals surface area contributed by atoms with E-state index in [9.17, 15) is 4.79 Å². The molecule has 3 aromatic heterocycles. The van der Waals surface area contributed by atoms with E-state index in [2.05, 4.69) is 17.0 Å². The zero-order chi connectivity index (χ0) is 16.5. The minimum atomic E-state index is -0.129. The molecule has 0 saturated heterocycles. The molecule has 0 radical (unpaired) electrons. The zero-order valence-corrected chi connectivity index (χ0v) is 13.2. The number of H-pyrrole nitrogens is 1. The van der Waals surface area contributed by atoms with Crippen LogP contribution in [0.3, 0.4) is 0 Å². The number of aryl methyl sites for hydroxylation is 1. The molecule has 5 heteroatoms. The monoisotopic (exact) mass is 316 g/mol. The summed E-state index contributed by atoms with van der Waals surface area (Å²) in [5.41, 5.74) is 4.99. The number of hydrogen-bond donors (Lipinski definition) is 1. The minimum absolute atomic E-state index is 0.129. The summed E-state index contributed by atoms with van der Waals surface area (Å²) in [6.07, 6.45) is 4.21. The summed E-state index contributed by atoms with van der Waals surface area (Å²) in [6.45, 7) is 2.06. The van der Waals surface area contributed by atoms with Gasteiger partial charge in [-0.2, -0.15) is 0 Å². The van der Waals surface area contributed by atoms with E-state index < -0.39 is 0 Å². The fourth-order valence-electron chi connectivity index (χ4n) is 2.91. The molecule has 0 aliphatic heterocycles. The number of aromatic nitrogens is 4. The van der Waals surface area contributed by atoms with Crippen LogP contribution < -0.4 is 5.56 Å². The van der Waals surface area contributed by atoms with Gasteiger partial charge in [-0.1, -0.05) is 37.3 Å². The van der Waals surface area contributed by atoms with Crippen LogP contribution in [0.1, 0.15) is 12.6 Å². The lowest BCUT2D eigenvalue weighted by molar-refractivity contribution is 0.859. The Morgan fingerprint density at radius 2 is 1.88 bits per heavy atom. The van der Waals surface area contributed by atoms with Gasteiger partial charge in [-0.3, -0.25) is 14.9 Å². The minimum Gasteiger partial charge on any atom is -0.293 e. The Kier molecular flexibility index (Phi) is 3.46. The van der Waals surface area contributed by atoms with E-state index in [1.807, 2.05) is 42.5 Å². The smallest absolute Gasteiger partial charge is 0.273 e. The Balaban J connectivity index is 2.05. The number of nitrogens with zero attached hydrogens (tertiary/aromatic N) is 3. The second kappa shape index (κ2) is 5.77. The van der Waals surface area contributed by atoms with E-state index in [0.29, 0.717) is 11.3 Å². The number of nitrogens with one attached hydrogen (secondary N) is 1. The highest BCUT2D eigenvalue weighted by Crippen LogP contribution is 2.28. The predicted octanol–water partition coefficient (Wildman–Crippen LogP) is 3.31. The number of pyridine rings is 1. The van der Waals surface area contributed by atoms with Gasteiger partial charge in [0, 0.05) is 35.3 Å². The van der Waals surface area contributed by atoms with E-state index in [-0.39, 0.29) is 5.56 Å². The molecular weight excluding hydrogens is 300 g/mol. The Hall–Kier alpha value is -3.21. The summed E-state index contributed by atoms with van der Waals surface area (Å²) in [4.78, 5) is 21.4. The molecule has 0 aliphatic rings. The molecule has 0 unspecified atom stereocenters. The summed E-state index contributed by atoms with van der Waals surface area (Å²) < 4.78 is 1.51. The topological polar surface area (TPSA) is 63.0 Å². The summed E-state index contributed by atoms with van der Waals surface area (Å²) >= 11 is 0. The first-order valence-corrected chi connectivity index (χ1v) is 7.88. The highest BCUT2D eigenvalue weighted by molar-refractivity contribution is 5.81. The standard InChI is InChI=1S/C19H16N4O/c1-2-15-18(13-7-4-3-5-8-13)19-21-16(11-17(24)23(19)22-15)14-9-6-10-20-12-14/h3-12,22H,2H2,1H3. The lowest BCUT2D eigenvalue weighted by atomic mass is 10.0. The molecule has 1 aromatic carbocycles. The molecule has 24 heavy (non-hydrogen) atoms. The molecule has 0 spiro atoms. The zero-order valence-electron chi connectivity index (χ0n) is 13.2. The van der Waals surface area contributed by atoms with Gasteiger partial charge in [0.05, 0.1) is 5.69 Å². The van der Waals surface area contributed by atoms with Crippen molar-refractivity contribution in [3.63, 3.8) is 0 Å². The summed E-state index contributed by atoms with van der Waals surface area (Å²) in [5, 5.41) is 3.19. The van der Waals surface area contributed by atoms with Crippen molar-refractivity contribution in [2.24, 2.45) is 0 Å². The molecular formula is C19H16N4O. The number of hydrogen-bond acceptors (Lipinski definition) is 3. The first-order chi connectivity index (χ1) is 11.8. The van der Waals surface area contributed by atoms with Gasteiger partial charge >= 0.3 is 0 Å². The molecule has 5 nitrogen and oxygen atoms in total. The van der Waals surface area contributed by atoms with E-state index in [0.717, 1.165) is 28.8 Å². The first kappa shape index (κ1) is 14.4. The average Bonchev–Trinajstić information content (AvgIpc) is 3.02. The third-order valence-corrected chi connectivity index (χ3v) is 4.06. The summed E-state index contributed by atoms with van der Waals surface area (Å²) in [7, 11) is 0. The van der Waals surface area contributed by atoms with Crippen LogP contribution in [0.15, 0.2) is 65.7 Å². The Morgan fingerprint density at radius 1 is 1.08 bits per heavy atom. The quantitative estimate of drug-likeness (QED) is 0.630. The van der Waals surface area contributed by atoms with Crippen LogP contribution in [0.4, 0.5) is 0 Å². The maximum atomic E-state index is 12.6. The van der Waals surface area contributed by atoms with Gasteiger partial charge in [0.1, 0.15) is 0 Å². The van der Waals surface area contributed by atoms with Crippen molar-refractivity contribution < 1.29 is 0 Å². The molecule has 4 rings (SSSR count). The largest absolute Gasteiger partial charge is 0.293 e. The molecule has 0 bridgehead atoms. The SMILES string of the molecule is CCc1[nH]n2c(=O)cc(-c3cccnc3)nc2c1-c1ccccc1. The van der Waals surface area contributed by atoms with Crippen LogP contribution in [0, 0.1) is 0 Å². The van der Waals surface area contributed by atoms with Crippen LogP contribution in [0.25, 0.3) is 28.0 Å². The van der Waals surface area contributed by atoms with Crippen molar-refractivity contribution in [1.29, 1.82) is 0 Å². The van der Waals surface area contributed by atoms with E-state index in [1.54, 1.807) is 12.4 Å². The van der Waals surface area contributed by atoms with Gasteiger partial charge in [0.25, 0.3) is 5.56 Å².